The lowest BCUT2D eigenvalue weighted by molar-refractivity contribution is 0.0690. The molecule has 0 aliphatic heterocycles. The molecule has 0 fully saturated rings. The van der Waals surface area contributed by atoms with Gasteiger partial charge in [-0.05, 0) is 34.1 Å². The maximum atomic E-state index is 12.6. The normalized spacial score (nSPS) is 11.0. The predicted octanol–water partition coefficient (Wildman–Crippen LogP) is 2.96. The summed E-state index contributed by atoms with van der Waals surface area (Å²) in [6.07, 6.45) is 0. The van der Waals surface area contributed by atoms with Crippen molar-refractivity contribution in [2.45, 2.75) is 6.54 Å². The molecule has 2 heterocycles. The van der Waals surface area contributed by atoms with Gasteiger partial charge in [-0.25, -0.2) is 9.48 Å². The highest BCUT2D eigenvalue weighted by Crippen LogP contribution is 2.26. The number of rotatable bonds is 4. The van der Waals surface area contributed by atoms with Gasteiger partial charge in [0.25, 0.3) is 5.56 Å². The van der Waals surface area contributed by atoms with Crippen molar-refractivity contribution in [3.8, 4) is 11.5 Å². The SMILES string of the molecule is O=C(O)c1nn(Cc2nnc(-c3ccccc3Br)o2)c(=O)c2ccccc12. The van der Waals surface area contributed by atoms with Crippen molar-refractivity contribution in [1.82, 2.24) is 20.0 Å². The quantitative estimate of drug-likeness (QED) is 0.533. The topological polar surface area (TPSA) is 111 Å². The van der Waals surface area contributed by atoms with Crippen LogP contribution in [0.4, 0.5) is 0 Å². The molecule has 134 valence electrons. The number of halogens is 1. The molecule has 0 unspecified atom stereocenters. The number of carboxylic acids is 1. The molecule has 4 rings (SSSR count). The Labute approximate surface area is 160 Å². The monoisotopic (exact) mass is 426 g/mol. The fourth-order valence-electron chi connectivity index (χ4n) is 2.69. The summed E-state index contributed by atoms with van der Waals surface area (Å²) >= 11 is 3.41. The van der Waals surface area contributed by atoms with Gasteiger partial charge in [0.15, 0.2) is 5.69 Å². The van der Waals surface area contributed by atoms with Crippen molar-refractivity contribution >= 4 is 32.7 Å². The molecule has 1 N–H and O–H groups in total. The molecule has 2 aromatic carbocycles. The van der Waals surface area contributed by atoms with Crippen LogP contribution in [-0.2, 0) is 6.54 Å². The number of fused-ring (bicyclic) bond motifs is 1. The predicted molar refractivity (Wildman–Crippen MR) is 99.5 cm³/mol. The minimum Gasteiger partial charge on any atom is -0.476 e. The Morgan fingerprint density at radius 3 is 2.52 bits per heavy atom. The van der Waals surface area contributed by atoms with Crippen molar-refractivity contribution in [1.29, 1.82) is 0 Å². The van der Waals surface area contributed by atoms with E-state index in [1.807, 2.05) is 24.3 Å². The molecule has 27 heavy (non-hydrogen) atoms. The van der Waals surface area contributed by atoms with Gasteiger partial charge in [0.2, 0.25) is 11.8 Å². The fourth-order valence-corrected chi connectivity index (χ4v) is 3.14. The minimum atomic E-state index is -1.22. The maximum absolute atomic E-state index is 12.6. The molecule has 2 aromatic heterocycles. The van der Waals surface area contributed by atoms with Gasteiger partial charge in [0.05, 0.1) is 10.9 Å². The average Bonchev–Trinajstić information content (AvgIpc) is 3.12. The molecular weight excluding hydrogens is 416 g/mol. The van der Waals surface area contributed by atoms with E-state index in [9.17, 15) is 14.7 Å². The van der Waals surface area contributed by atoms with Crippen LogP contribution in [0.15, 0.2) is 62.2 Å². The third-order valence-corrected chi connectivity index (χ3v) is 4.62. The summed E-state index contributed by atoms with van der Waals surface area (Å²) in [5.74, 6) is -0.800. The van der Waals surface area contributed by atoms with E-state index >= 15 is 0 Å². The van der Waals surface area contributed by atoms with E-state index < -0.39 is 11.5 Å². The first-order valence-corrected chi connectivity index (χ1v) is 8.64. The lowest BCUT2D eigenvalue weighted by Crippen LogP contribution is -2.26. The molecule has 0 atom stereocenters. The molecule has 0 spiro atoms. The molecule has 8 nitrogen and oxygen atoms in total. The summed E-state index contributed by atoms with van der Waals surface area (Å²) in [5.41, 5.74) is 0.0632. The lowest BCUT2D eigenvalue weighted by atomic mass is 10.1. The Bertz CT molecular complexity index is 1230. The Balaban J connectivity index is 1.77. The van der Waals surface area contributed by atoms with Gasteiger partial charge < -0.3 is 9.52 Å². The second-order valence-corrected chi connectivity index (χ2v) is 6.50. The number of carboxylic acid groups (broad SMARTS) is 1. The Morgan fingerprint density at radius 1 is 1.07 bits per heavy atom. The van der Waals surface area contributed by atoms with E-state index in [-0.39, 0.29) is 34.8 Å². The van der Waals surface area contributed by atoms with Crippen LogP contribution in [-0.4, -0.2) is 31.1 Å². The van der Waals surface area contributed by atoms with E-state index in [4.69, 9.17) is 4.42 Å². The standard InChI is InChI=1S/C18H11BrN4O4/c19-13-8-4-3-7-12(13)16-21-20-14(27-16)9-23-17(24)11-6-2-1-5-10(11)15(22-23)18(25)26/h1-8H,9H2,(H,25,26). The first-order valence-electron chi connectivity index (χ1n) is 7.85. The summed E-state index contributed by atoms with van der Waals surface area (Å²) in [6.45, 7) is -0.137. The summed E-state index contributed by atoms with van der Waals surface area (Å²) in [5, 5.41) is 21.8. The smallest absolute Gasteiger partial charge is 0.357 e. The third kappa shape index (κ3) is 3.13. The van der Waals surface area contributed by atoms with Crippen LogP contribution in [0.2, 0.25) is 0 Å². The lowest BCUT2D eigenvalue weighted by Gasteiger charge is -2.06. The number of hydrogen-bond donors (Lipinski definition) is 1. The number of aromatic nitrogens is 4. The van der Waals surface area contributed by atoms with Gasteiger partial charge in [-0.15, -0.1) is 10.2 Å². The summed E-state index contributed by atoms with van der Waals surface area (Å²) in [4.78, 5) is 24.2. The fraction of sp³-hybridized carbons (Fsp3) is 0.0556. The largest absolute Gasteiger partial charge is 0.476 e. The summed E-state index contributed by atoms with van der Waals surface area (Å²) < 4.78 is 7.43. The molecule has 0 bridgehead atoms. The second-order valence-electron chi connectivity index (χ2n) is 5.64. The third-order valence-electron chi connectivity index (χ3n) is 3.93. The maximum Gasteiger partial charge on any atom is 0.357 e. The van der Waals surface area contributed by atoms with Crippen molar-refractivity contribution in [2.24, 2.45) is 0 Å². The first kappa shape index (κ1) is 17.1. The molecule has 4 aromatic rings. The zero-order chi connectivity index (χ0) is 19.0. The molecule has 9 heteroatoms. The molecule has 0 aliphatic rings. The van der Waals surface area contributed by atoms with Crippen molar-refractivity contribution in [3.05, 3.63) is 74.9 Å². The van der Waals surface area contributed by atoms with Crippen LogP contribution in [0.3, 0.4) is 0 Å². The van der Waals surface area contributed by atoms with E-state index in [0.29, 0.717) is 5.56 Å². The van der Waals surface area contributed by atoms with Crippen LogP contribution in [0, 0.1) is 0 Å². The Kier molecular flexibility index (Phi) is 4.28. The van der Waals surface area contributed by atoms with Crippen LogP contribution in [0.25, 0.3) is 22.2 Å². The number of nitrogens with zero attached hydrogens (tertiary/aromatic N) is 4. The van der Waals surface area contributed by atoms with Gasteiger partial charge in [0.1, 0.15) is 6.54 Å². The van der Waals surface area contributed by atoms with Crippen molar-refractivity contribution in [2.75, 3.05) is 0 Å². The number of benzene rings is 2. The average molecular weight is 427 g/mol. The van der Waals surface area contributed by atoms with E-state index in [1.54, 1.807) is 24.3 Å². The number of aromatic carboxylic acids is 1. The minimum absolute atomic E-state index is 0.137. The zero-order valence-corrected chi connectivity index (χ0v) is 15.3. The Morgan fingerprint density at radius 2 is 1.78 bits per heavy atom. The number of carbonyl (C=O) groups is 1. The van der Waals surface area contributed by atoms with Crippen LogP contribution in [0.5, 0.6) is 0 Å². The molecule has 0 amide bonds. The van der Waals surface area contributed by atoms with Gasteiger partial charge in [-0.2, -0.15) is 5.10 Å². The highest BCUT2D eigenvalue weighted by molar-refractivity contribution is 9.10. The molecule has 0 aliphatic carbocycles. The van der Waals surface area contributed by atoms with Gasteiger partial charge in [-0.3, -0.25) is 4.79 Å². The highest BCUT2D eigenvalue weighted by Gasteiger charge is 2.18. The van der Waals surface area contributed by atoms with E-state index in [2.05, 4.69) is 31.2 Å². The van der Waals surface area contributed by atoms with Crippen molar-refractivity contribution in [3.63, 3.8) is 0 Å². The molecule has 0 saturated carbocycles. The van der Waals surface area contributed by atoms with Gasteiger partial charge in [-0.1, -0.05) is 30.3 Å². The molecule has 0 radical (unpaired) electrons. The van der Waals surface area contributed by atoms with E-state index in [1.165, 1.54) is 0 Å². The van der Waals surface area contributed by atoms with Crippen LogP contribution in [0.1, 0.15) is 16.4 Å². The zero-order valence-electron chi connectivity index (χ0n) is 13.7. The Hall–Kier alpha value is -3.33. The van der Waals surface area contributed by atoms with Crippen LogP contribution >= 0.6 is 15.9 Å². The van der Waals surface area contributed by atoms with Gasteiger partial charge >= 0.3 is 5.97 Å². The summed E-state index contributed by atoms with van der Waals surface area (Å²) in [6, 6.07) is 13.8. The van der Waals surface area contributed by atoms with E-state index in [0.717, 1.165) is 9.15 Å². The second kappa shape index (κ2) is 6.76. The number of hydrogen-bond acceptors (Lipinski definition) is 6. The van der Waals surface area contributed by atoms with Gasteiger partial charge in [0, 0.05) is 9.86 Å². The van der Waals surface area contributed by atoms with Crippen molar-refractivity contribution < 1.29 is 14.3 Å². The molecule has 0 saturated heterocycles. The highest BCUT2D eigenvalue weighted by atomic mass is 79.9. The first-order chi connectivity index (χ1) is 13.0. The summed E-state index contributed by atoms with van der Waals surface area (Å²) in [7, 11) is 0. The molecular formula is C18H11BrN4O4. The van der Waals surface area contributed by atoms with Crippen LogP contribution < -0.4 is 5.56 Å².